The van der Waals surface area contributed by atoms with Crippen LogP contribution in [0.3, 0.4) is 0 Å². The number of carbonyl (C=O) groups is 1. The normalized spacial score (nSPS) is 10.1. The molecule has 1 aromatic rings. The summed E-state index contributed by atoms with van der Waals surface area (Å²) < 4.78 is 26.1. The Hall–Kier alpha value is -1.49. The molecule has 0 saturated carbocycles. The monoisotopic (exact) mass is 215 g/mol. The van der Waals surface area contributed by atoms with Crippen molar-refractivity contribution >= 4 is 11.6 Å². The molecular weight excluding hydrogens is 202 g/mol. The molecule has 3 nitrogen and oxygen atoms in total. The number of hydrogen-bond acceptors (Lipinski definition) is 1. The molecule has 0 bridgehead atoms. The van der Waals surface area contributed by atoms with Gasteiger partial charge in [0.1, 0.15) is 17.3 Å². The molecular formula is C10H13F2N2O+. The van der Waals surface area contributed by atoms with Crippen molar-refractivity contribution in [2.45, 2.75) is 6.92 Å². The zero-order valence-electron chi connectivity index (χ0n) is 8.39. The number of benzene rings is 1. The predicted octanol–water partition coefficient (Wildman–Crippen LogP) is 0.487. The predicted molar refractivity (Wildman–Crippen MR) is 52.3 cm³/mol. The molecule has 0 radical (unpaired) electrons. The minimum Gasteiger partial charge on any atom is -0.339 e. The Kier molecular flexibility index (Phi) is 4.17. The van der Waals surface area contributed by atoms with Gasteiger partial charge in [0.2, 0.25) is 0 Å². The van der Waals surface area contributed by atoms with Crippen molar-refractivity contribution in [3.05, 3.63) is 29.8 Å². The van der Waals surface area contributed by atoms with E-state index in [4.69, 9.17) is 0 Å². The number of carbonyl (C=O) groups excluding carboxylic acids is 1. The molecule has 0 aliphatic rings. The molecule has 3 N–H and O–H groups in total. The lowest BCUT2D eigenvalue weighted by Crippen LogP contribution is -2.85. The van der Waals surface area contributed by atoms with E-state index in [0.29, 0.717) is 0 Å². The molecule has 0 heterocycles. The first-order chi connectivity index (χ1) is 7.15. The highest BCUT2D eigenvalue weighted by Gasteiger charge is 2.11. The van der Waals surface area contributed by atoms with E-state index in [9.17, 15) is 13.6 Å². The van der Waals surface area contributed by atoms with Crippen molar-refractivity contribution in [1.29, 1.82) is 0 Å². The summed E-state index contributed by atoms with van der Waals surface area (Å²) in [5.74, 6) is -1.94. The van der Waals surface area contributed by atoms with Crippen molar-refractivity contribution in [1.82, 2.24) is 0 Å². The second-order valence-electron chi connectivity index (χ2n) is 3.05. The molecule has 0 aliphatic carbocycles. The lowest BCUT2D eigenvalue weighted by Gasteiger charge is -2.05. The number of para-hydroxylation sites is 1. The Balaban J connectivity index is 2.68. The zero-order chi connectivity index (χ0) is 11.3. The number of likely N-dealkylation sites (N-methyl/N-ethyl adjacent to an activating group) is 1. The van der Waals surface area contributed by atoms with Crippen molar-refractivity contribution in [3.8, 4) is 0 Å². The van der Waals surface area contributed by atoms with Gasteiger partial charge in [-0.15, -0.1) is 0 Å². The van der Waals surface area contributed by atoms with Crippen LogP contribution in [-0.4, -0.2) is 19.0 Å². The zero-order valence-corrected chi connectivity index (χ0v) is 8.39. The van der Waals surface area contributed by atoms with Crippen LogP contribution < -0.4 is 10.6 Å². The summed E-state index contributed by atoms with van der Waals surface area (Å²) in [4.78, 5) is 11.2. The summed E-state index contributed by atoms with van der Waals surface area (Å²) in [6, 6.07) is 3.45. The number of anilines is 1. The van der Waals surface area contributed by atoms with Crippen LogP contribution >= 0.6 is 0 Å². The van der Waals surface area contributed by atoms with Crippen LogP contribution in [0.2, 0.25) is 0 Å². The number of amides is 1. The summed E-state index contributed by atoms with van der Waals surface area (Å²) in [5, 5.41) is 3.92. The molecule has 0 aliphatic heterocycles. The van der Waals surface area contributed by atoms with Gasteiger partial charge in [0.05, 0.1) is 6.54 Å². The average Bonchev–Trinajstić information content (AvgIpc) is 2.21. The van der Waals surface area contributed by atoms with Gasteiger partial charge in [0.25, 0.3) is 5.91 Å². The summed E-state index contributed by atoms with van der Waals surface area (Å²) in [5.41, 5.74) is -0.382. The fourth-order valence-electron chi connectivity index (χ4n) is 1.08. The third kappa shape index (κ3) is 3.28. The van der Waals surface area contributed by atoms with Crippen LogP contribution in [0.15, 0.2) is 18.2 Å². The van der Waals surface area contributed by atoms with Gasteiger partial charge in [-0.2, -0.15) is 0 Å². The maximum Gasteiger partial charge on any atom is 0.279 e. The highest BCUT2D eigenvalue weighted by atomic mass is 19.1. The minimum atomic E-state index is -0.764. The SMILES string of the molecule is CC[NH2+]CC(=O)Nc1c(F)cccc1F. The van der Waals surface area contributed by atoms with E-state index in [-0.39, 0.29) is 12.2 Å². The lowest BCUT2D eigenvalue weighted by molar-refractivity contribution is -0.640. The molecule has 15 heavy (non-hydrogen) atoms. The van der Waals surface area contributed by atoms with E-state index in [1.807, 2.05) is 6.92 Å². The van der Waals surface area contributed by atoms with Gasteiger partial charge in [0.15, 0.2) is 6.54 Å². The Labute approximate surface area is 86.5 Å². The van der Waals surface area contributed by atoms with Gasteiger partial charge in [-0.1, -0.05) is 6.07 Å². The quantitative estimate of drug-likeness (QED) is 0.754. The molecule has 0 aromatic heterocycles. The lowest BCUT2D eigenvalue weighted by atomic mass is 10.3. The fraction of sp³-hybridized carbons (Fsp3) is 0.300. The number of rotatable bonds is 4. The van der Waals surface area contributed by atoms with E-state index in [1.165, 1.54) is 6.07 Å². The van der Waals surface area contributed by atoms with E-state index in [0.717, 1.165) is 18.7 Å². The molecule has 0 saturated heterocycles. The maximum absolute atomic E-state index is 13.1. The first kappa shape index (κ1) is 11.6. The van der Waals surface area contributed by atoms with E-state index in [2.05, 4.69) is 5.32 Å². The summed E-state index contributed by atoms with van der Waals surface area (Å²) in [6.07, 6.45) is 0. The molecule has 1 aromatic carbocycles. The van der Waals surface area contributed by atoms with Gasteiger partial charge in [0, 0.05) is 0 Å². The highest BCUT2D eigenvalue weighted by Crippen LogP contribution is 2.17. The van der Waals surface area contributed by atoms with E-state index < -0.39 is 17.5 Å². The van der Waals surface area contributed by atoms with Crippen LogP contribution in [0.5, 0.6) is 0 Å². The molecule has 0 atom stereocenters. The molecule has 0 fully saturated rings. The van der Waals surface area contributed by atoms with Crippen LogP contribution in [0.25, 0.3) is 0 Å². The molecule has 82 valence electrons. The second kappa shape index (κ2) is 5.41. The summed E-state index contributed by atoms with van der Waals surface area (Å²) in [6.45, 7) is 2.79. The minimum absolute atomic E-state index is 0.157. The van der Waals surface area contributed by atoms with Crippen molar-refractivity contribution in [2.75, 3.05) is 18.4 Å². The third-order valence-electron chi connectivity index (χ3n) is 1.85. The number of quaternary nitrogens is 1. The Bertz CT molecular complexity index is 335. The Morgan fingerprint density at radius 3 is 2.53 bits per heavy atom. The molecule has 0 unspecified atom stereocenters. The first-order valence-corrected chi connectivity index (χ1v) is 4.70. The van der Waals surface area contributed by atoms with Crippen LogP contribution in [0.4, 0.5) is 14.5 Å². The summed E-state index contributed by atoms with van der Waals surface area (Å²) in [7, 11) is 0. The standard InChI is InChI=1S/C10H12F2N2O/c1-2-13-6-9(15)14-10-7(11)4-3-5-8(10)12/h3-5,13H,2,6H2,1H3,(H,14,15)/p+1. The van der Waals surface area contributed by atoms with Gasteiger partial charge in [-0.05, 0) is 19.1 Å². The van der Waals surface area contributed by atoms with Crippen molar-refractivity contribution < 1.29 is 18.9 Å². The second-order valence-corrected chi connectivity index (χ2v) is 3.05. The smallest absolute Gasteiger partial charge is 0.279 e. The van der Waals surface area contributed by atoms with Crippen LogP contribution in [-0.2, 0) is 4.79 Å². The largest absolute Gasteiger partial charge is 0.339 e. The Morgan fingerprint density at radius 1 is 1.40 bits per heavy atom. The molecule has 0 spiro atoms. The van der Waals surface area contributed by atoms with Crippen molar-refractivity contribution in [2.24, 2.45) is 0 Å². The van der Waals surface area contributed by atoms with Crippen LogP contribution in [0.1, 0.15) is 6.92 Å². The van der Waals surface area contributed by atoms with Gasteiger partial charge in [-0.25, -0.2) is 8.78 Å². The number of hydrogen-bond donors (Lipinski definition) is 2. The summed E-state index contributed by atoms with van der Waals surface area (Å²) >= 11 is 0. The number of nitrogens with one attached hydrogen (secondary N) is 1. The van der Waals surface area contributed by atoms with Crippen molar-refractivity contribution in [3.63, 3.8) is 0 Å². The number of halogens is 2. The molecule has 5 heteroatoms. The number of nitrogens with two attached hydrogens (primary N) is 1. The highest BCUT2D eigenvalue weighted by molar-refractivity contribution is 5.91. The van der Waals surface area contributed by atoms with E-state index >= 15 is 0 Å². The van der Waals surface area contributed by atoms with Gasteiger partial charge < -0.3 is 10.6 Å². The molecule has 1 amide bonds. The molecule has 1 rings (SSSR count). The van der Waals surface area contributed by atoms with E-state index in [1.54, 1.807) is 5.32 Å². The fourth-order valence-corrected chi connectivity index (χ4v) is 1.08. The van der Waals surface area contributed by atoms with Gasteiger partial charge >= 0.3 is 0 Å². The third-order valence-corrected chi connectivity index (χ3v) is 1.85. The average molecular weight is 215 g/mol. The Morgan fingerprint density at radius 2 is 2.00 bits per heavy atom. The van der Waals surface area contributed by atoms with Gasteiger partial charge in [-0.3, -0.25) is 4.79 Å². The maximum atomic E-state index is 13.1. The van der Waals surface area contributed by atoms with Crippen LogP contribution in [0, 0.1) is 11.6 Å². The topological polar surface area (TPSA) is 45.7 Å². The first-order valence-electron chi connectivity index (χ1n) is 4.70.